The number of benzene rings is 1. The summed E-state index contributed by atoms with van der Waals surface area (Å²) in [6.45, 7) is 4.81. The quantitative estimate of drug-likeness (QED) is 0.888. The summed E-state index contributed by atoms with van der Waals surface area (Å²) in [6.07, 6.45) is 0. The van der Waals surface area contributed by atoms with Crippen molar-refractivity contribution in [2.45, 2.75) is 19.9 Å². The topological polar surface area (TPSA) is 25.2 Å². The van der Waals surface area contributed by atoms with E-state index >= 15 is 0 Å². The lowest BCUT2D eigenvalue weighted by Gasteiger charge is -2.16. The summed E-state index contributed by atoms with van der Waals surface area (Å²) in [4.78, 5) is 0. The SMILES string of the molecule is CCNC(c1cc(Cl)cc(Cl)c1)c1ccc(C)o1. The van der Waals surface area contributed by atoms with Gasteiger partial charge in [-0.1, -0.05) is 30.1 Å². The average Bonchev–Trinajstić information content (AvgIpc) is 2.71. The molecule has 0 amide bonds. The Balaban J connectivity index is 2.40. The van der Waals surface area contributed by atoms with Gasteiger partial charge in [0.05, 0.1) is 6.04 Å². The Morgan fingerprint density at radius 3 is 2.33 bits per heavy atom. The van der Waals surface area contributed by atoms with E-state index in [2.05, 4.69) is 12.2 Å². The van der Waals surface area contributed by atoms with Gasteiger partial charge in [0.15, 0.2) is 0 Å². The van der Waals surface area contributed by atoms with Crippen LogP contribution in [-0.4, -0.2) is 6.54 Å². The lowest BCUT2D eigenvalue weighted by atomic mass is 10.0. The molecule has 1 aromatic carbocycles. The Bertz CT molecular complexity index is 516. The predicted molar refractivity (Wildman–Crippen MR) is 75.4 cm³/mol. The smallest absolute Gasteiger partial charge is 0.125 e. The molecule has 4 heteroatoms. The van der Waals surface area contributed by atoms with E-state index in [1.165, 1.54) is 0 Å². The molecule has 0 saturated carbocycles. The van der Waals surface area contributed by atoms with Crippen molar-refractivity contribution in [1.82, 2.24) is 5.32 Å². The van der Waals surface area contributed by atoms with Gasteiger partial charge in [0.25, 0.3) is 0 Å². The maximum absolute atomic E-state index is 6.04. The molecule has 1 N–H and O–H groups in total. The normalized spacial score (nSPS) is 12.7. The van der Waals surface area contributed by atoms with Crippen molar-refractivity contribution in [1.29, 1.82) is 0 Å². The number of halogens is 2. The zero-order chi connectivity index (χ0) is 13.1. The predicted octanol–water partition coefficient (Wildman–Crippen LogP) is 4.59. The van der Waals surface area contributed by atoms with Crippen LogP contribution in [0.25, 0.3) is 0 Å². The van der Waals surface area contributed by atoms with E-state index in [1.54, 1.807) is 6.07 Å². The fraction of sp³-hybridized carbons (Fsp3) is 0.286. The Morgan fingerprint density at radius 1 is 1.17 bits per heavy atom. The molecule has 0 saturated heterocycles. The van der Waals surface area contributed by atoms with Crippen LogP contribution in [0.4, 0.5) is 0 Å². The lowest BCUT2D eigenvalue weighted by molar-refractivity contribution is 0.435. The molecule has 96 valence electrons. The molecular formula is C14H15Cl2NO. The molecule has 2 rings (SSSR count). The fourth-order valence-corrected chi connectivity index (χ4v) is 2.48. The molecule has 0 aliphatic rings. The molecule has 2 nitrogen and oxygen atoms in total. The monoisotopic (exact) mass is 283 g/mol. The van der Waals surface area contributed by atoms with Crippen molar-refractivity contribution in [3.8, 4) is 0 Å². The Kier molecular flexibility index (Phi) is 4.33. The van der Waals surface area contributed by atoms with Gasteiger partial charge in [0.2, 0.25) is 0 Å². The van der Waals surface area contributed by atoms with Crippen molar-refractivity contribution < 1.29 is 4.42 Å². The highest BCUT2D eigenvalue weighted by molar-refractivity contribution is 6.34. The minimum absolute atomic E-state index is 0.0279. The fourth-order valence-electron chi connectivity index (χ4n) is 1.94. The second-order valence-corrected chi connectivity index (χ2v) is 5.01. The molecule has 0 radical (unpaired) electrons. The van der Waals surface area contributed by atoms with Crippen LogP contribution >= 0.6 is 23.2 Å². The first-order valence-corrected chi connectivity index (χ1v) is 6.61. The van der Waals surface area contributed by atoms with Crippen LogP contribution in [0.2, 0.25) is 10.0 Å². The van der Waals surface area contributed by atoms with Crippen LogP contribution in [0.3, 0.4) is 0 Å². The van der Waals surface area contributed by atoms with E-state index in [4.69, 9.17) is 27.6 Å². The van der Waals surface area contributed by atoms with Crippen LogP contribution in [0, 0.1) is 6.92 Å². The first-order chi connectivity index (χ1) is 8.60. The van der Waals surface area contributed by atoms with Crippen LogP contribution in [0.1, 0.15) is 30.0 Å². The second-order valence-electron chi connectivity index (χ2n) is 4.14. The van der Waals surface area contributed by atoms with Gasteiger partial charge in [0, 0.05) is 10.0 Å². The summed E-state index contributed by atoms with van der Waals surface area (Å²) < 4.78 is 5.68. The summed E-state index contributed by atoms with van der Waals surface area (Å²) in [5.41, 5.74) is 1.00. The van der Waals surface area contributed by atoms with Crippen molar-refractivity contribution in [2.24, 2.45) is 0 Å². The van der Waals surface area contributed by atoms with Gasteiger partial charge in [-0.2, -0.15) is 0 Å². The van der Waals surface area contributed by atoms with Crippen molar-refractivity contribution in [3.05, 3.63) is 57.5 Å². The molecule has 0 bridgehead atoms. The van der Waals surface area contributed by atoms with Gasteiger partial charge >= 0.3 is 0 Å². The molecule has 18 heavy (non-hydrogen) atoms. The van der Waals surface area contributed by atoms with E-state index in [1.807, 2.05) is 31.2 Å². The Hall–Kier alpha value is -0.960. The molecule has 1 aromatic heterocycles. The third-order valence-electron chi connectivity index (χ3n) is 2.67. The van der Waals surface area contributed by atoms with Gasteiger partial charge < -0.3 is 9.73 Å². The summed E-state index contributed by atoms with van der Waals surface area (Å²) in [5, 5.41) is 4.63. The number of furan rings is 1. The number of hydrogen-bond donors (Lipinski definition) is 1. The number of aryl methyl sites for hydroxylation is 1. The number of nitrogens with one attached hydrogen (secondary N) is 1. The highest BCUT2D eigenvalue weighted by Gasteiger charge is 2.17. The molecule has 0 fully saturated rings. The summed E-state index contributed by atoms with van der Waals surface area (Å²) in [5.74, 6) is 1.76. The maximum Gasteiger partial charge on any atom is 0.125 e. The molecule has 1 heterocycles. The standard InChI is InChI=1S/C14H15Cl2NO/c1-3-17-14(13-5-4-9(2)18-13)10-6-11(15)8-12(16)7-10/h4-8,14,17H,3H2,1-2H3. The second kappa shape index (κ2) is 5.79. The Labute approximate surface area is 117 Å². The van der Waals surface area contributed by atoms with Crippen molar-refractivity contribution in [2.75, 3.05) is 6.54 Å². The molecular weight excluding hydrogens is 269 g/mol. The molecule has 0 spiro atoms. The van der Waals surface area contributed by atoms with Crippen molar-refractivity contribution in [3.63, 3.8) is 0 Å². The largest absolute Gasteiger partial charge is 0.464 e. The van der Waals surface area contributed by atoms with E-state index < -0.39 is 0 Å². The van der Waals surface area contributed by atoms with Gasteiger partial charge in [-0.25, -0.2) is 0 Å². The number of rotatable bonds is 4. The molecule has 2 aromatic rings. The zero-order valence-electron chi connectivity index (χ0n) is 10.3. The number of hydrogen-bond acceptors (Lipinski definition) is 2. The minimum atomic E-state index is -0.0279. The van der Waals surface area contributed by atoms with Crippen LogP contribution in [0.15, 0.2) is 34.7 Å². The van der Waals surface area contributed by atoms with Gasteiger partial charge in [-0.15, -0.1) is 0 Å². The van der Waals surface area contributed by atoms with Crippen LogP contribution in [-0.2, 0) is 0 Å². The van der Waals surface area contributed by atoms with Crippen LogP contribution in [0.5, 0.6) is 0 Å². The minimum Gasteiger partial charge on any atom is -0.464 e. The van der Waals surface area contributed by atoms with E-state index in [9.17, 15) is 0 Å². The zero-order valence-corrected chi connectivity index (χ0v) is 11.8. The summed E-state index contributed by atoms with van der Waals surface area (Å²) in [6, 6.07) is 9.42. The van der Waals surface area contributed by atoms with E-state index in [0.717, 1.165) is 23.6 Å². The van der Waals surface area contributed by atoms with Crippen LogP contribution < -0.4 is 5.32 Å². The van der Waals surface area contributed by atoms with Gasteiger partial charge in [0.1, 0.15) is 11.5 Å². The summed E-state index contributed by atoms with van der Waals surface area (Å²) >= 11 is 12.1. The first kappa shape index (κ1) is 13.5. The molecule has 0 aliphatic carbocycles. The highest BCUT2D eigenvalue weighted by atomic mass is 35.5. The molecule has 0 aliphatic heterocycles. The van der Waals surface area contributed by atoms with E-state index in [0.29, 0.717) is 10.0 Å². The van der Waals surface area contributed by atoms with Gasteiger partial charge in [-0.3, -0.25) is 0 Å². The van der Waals surface area contributed by atoms with Gasteiger partial charge in [-0.05, 0) is 49.4 Å². The van der Waals surface area contributed by atoms with Crippen molar-refractivity contribution >= 4 is 23.2 Å². The maximum atomic E-state index is 6.04. The Morgan fingerprint density at radius 2 is 1.83 bits per heavy atom. The average molecular weight is 284 g/mol. The first-order valence-electron chi connectivity index (χ1n) is 5.86. The van der Waals surface area contributed by atoms with E-state index in [-0.39, 0.29) is 6.04 Å². The molecule has 1 atom stereocenters. The lowest BCUT2D eigenvalue weighted by Crippen LogP contribution is -2.21. The molecule has 1 unspecified atom stereocenters. The summed E-state index contributed by atoms with van der Waals surface area (Å²) in [7, 11) is 0. The highest BCUT2D eigenvalue weighted by Crippen LogP contribution is 2.28. The third-order valence-corrected chi connectivity index (χ3v) is 3.11. The third kappa shape index (κ3) is 3.08.